The molecule has 3 aromatic rings. The van der Waals surface area contributed by atoms with E-state index in [0.29, 0.717) is 16.4 Å². The fraction of sp³-hybridized carbons (Fsp3) is 0.0500. The number of ether oxygens (including phenoxy) is 1. The van der Waals surface area contributed by atoms with Crippen molar-refractivity contribution in [2.75, 3.05) is 11.9 Å². The van der Waals surface area contributed by atoms with Gasteiger partial charge in [-0.1, -0.05) is 11.6 Å². The second-order valence-corrected chi connectivity index (χ2v) is 6.27. The molecule has 0 aliphatic heterocycles. The maximum atomic E-state index is 13.7. The molecule has 0 fully saturated rings. The minimum Gasteiger partial charge on any atom is -0.407 e. The van der Waals surface area contributed by atoms with Crippen LogP contribution in [0.15, 0.2) is 60.8 Å². The highest BCUT2D eigenvalue weighted by Crippen LogP contribution is 2.25. The summed E-state index contributed by atoms with van der Waals surface area (Å²) in [4.78, 5) is 29.6. The summed E-state index contributed by atoms with van der Waals surface area (Å²) in [7, 11) is 1.83. The van der Waals surface area contributed by atoms with Gasteiger partial charge in [0.15, 0.2) is 17.3 Å². The number of pyridine rings is 1. The standard InChI is InChI=1S/C20H15ClFN3O3/c1-25(15-6-4-14(21)5-7-15)18-9-3-13(11-24-18)19(26)12-2-8-16(22)17(10-12)28-20(23)27/h2-11H,1H3,(H2,23,27). The molecule has 0 radical (unpaired) electrons. The van der Waals surface area contributed by atoms with Crippen LogP contribution < -0.4 is 15.4 Å². The first-order valence-corrected chi connectivity index (χ1v) is 8.50. The van der Waals surface area contributed by atoms with Crippen molar-refractivity contribution in [2.45, 2.75) is 0 Å². The number of hydrogen-bond acceptors (Lipinski definition) is 5. The molecule has 0 spiro atoms. The molecule has 28 heavy (non-hydrogen) atoms. The lowest BCUT2D eigenvalue weighted by atomic mass is 10.0. The van der Waals surface area contributed by atoms with Gasteiger partial charge in [-0.05, 0) is 54.6 Å². The Morgan fingerprint density at radius 2 is 1.75 bits per heavy atom. The summed E-state index contributed by atoms with van der Waals surface area (Å²) in [5, 5.41) is 0.630. The minimum absolute atomic E-state index is 0.137. The number of hydrogen-bond donors (Lipinski definition) is 1. The number of nitrogens with two attached hydrogens (primary N) is 1. The molecule has 142 valence electrons. The maximum Gasteiger partial charge on any atom is 0.410 e. The summed E-state index contributed by atoms with van der Waals surface area (Å²) < 4.78 is 18.2. The Hall–Kier alpha value is -3.45. The fourth-order valence-electron chi connectivity index (χ4n) is 2.51. The van der Waals surface area contributed by atoms with E-state index in [4.69, 9.17) is 17.3 Å². The van der Waals surface area contributed by atoms with Crippen molar-refractivity contribution in [3.63, 3.8) is 0 Å². The Balaban J connectivity index is 1.82. The summed E-state index contributed by atoms with van der Waals surface area (Å²) >= 11 is 5.90. The Morgan fingerprint density at radius 3 is 2.36 bits per heavy atom. The summed E-state index contributed by atoms with van der Waals surface area (Å²) in [6.07, 6.45) is 0.252. The Kier molecular flexibility index (Phi) is 5.56. The number of aromatic nitrogens is 1. The molecule has 8 heteroatoms. The van der Waals surface area contributed by atoms with E-state index in [9.17, 15) is 14.0 Å². The van der Waals surface area contributed by atoms with Crippen molar-refractivity contribution in [1.82, 2.24) is 4.98 Å². The van der Waals surface area contributed by atoms with Gasteiger partial charge < -0.3 is 15.4 Å². The first-order valence-electron chi connectivity index (χ1n) is 8.12. The van der Waals surface area contributed by atoms with Gasteiger partial charge in [0.2, 0.25) is 0 Å². The lowest BCUT2D eigenvalue weighted by Gasteiger charge is -2.18. The second-order valence-electron chi connectivity index (χ2n) is 5.84. The van der Waals surface area contributed by atoms with Gasteiger partial charge in [0.1, 0.15) is 5.82 Å². The zero-order chi connectivity index (χ0) is 20.3. The molecule has 6 nitrogen and oxygen atoms in total. The number of carbonyl (C=O) groups is 2. The quantitative estimate of drug-likeness (QED) is 0.645. The first-order chi connectivity index (χ1) is 13.3. The van der Waals surface area contributed by atoms with Gasteiger partial charge in [0.25, 0.3) is 0 Å². The number of ketones is 1. The minimum atomic E-state index is -1.17. The zero-order valence-corrected chi connectivity index (χ0v) is 15.5. The van der Waals surface area contributed by atoms with Crippen molar-refractivity contribution in [1.29, 1.82) is 0 Å². The van der Waals surface area contributed by atoms with E-state index in [0.717, 1.165) is 17.8 Å². The van der Waals surface area contributed by atoms with Crippen LogP contribution in [0, 0.1) is 5.82 Å². The van der Waals surface area contributed by atoms with E-state index in [1.807, 2.05) is 24.1 Å². The van der Waals surface area contributed by atoms with Crippen LogP contribution in [0.2, 0.25) is 5.02 Å². The van der Waals surface area contributed by atoms with Crippen LogP contribution in [0.4, 0.5) is 20.7 Å². The Labute approximate surface area is 165 Å². The topological polar surface area (TPSA) is 85.5 Å². The number of benzene rings is 2. The van der Waals surface area contributed by atoms with Crippen LogP contribution in [-0.2, 0) is 0 Å². The number of primary amides is 1. The van der Waals surface area contributed by atoms with Crippen molar-refractivity contribution >= 4 is 35.0 Å². The molecular formula is C20H15ClFN3O3. The van der Waals surface area contributed by atoms with Gasteiger partial charge in [0.05, 0.1) is 0 Å². The van der Waals surface area contributed by atoms with Crippen LogP contribution in [0.5, 0.6) is 5.75 Å². The number of nitrogens with zero attached hydrogens (tertiary/aromatic N) is 2. The van der Waals surface area contributed by atoms with Gasteiger partial charge in [-0.2, -0.15) is 0 Å². The van der Waals surface area contributed by atoms with E-state index >= 15 is 0 Å². The second kappa shape index (κ2) is 8.06. The molecule has 2 aromatic carbocycles. The van der Waals surface area contributed by atoms with Crippen molar-refractivity contribution in [3.8, 4) is 5.75 Å². The Morgan fingerprint density at radius 1 is 1.07 bits per heavy atom. The molecule has 0 saturated carbocycles. The predicted octanol–water partition coefficient (Wildman–Crippen LogP) is 4.33. The highest BCUT2D eigenvalue weighted by molar-refractivity contribution is 6.30. The van der Waals surface area contributed by atoms with Gasteiger partial charge in [-0.3, -0.25) is 4.79 Å². The lowest BCUT2D eigenvalue weighted by molar-refractivity contribution is 0.103. The van der Waals surface area contributed by atoms with Gasteiger partial charge >= 0.3 is 6.09 Å². The van der Waals surface area contributed by atoms with Crippen LogP contribution in [0.25, 0.3) is 0 Å². The third-order valence-electron chi connectivity index (χ3n) is 3.97. The van der Waals surface area contributed by atoms with E-state index < -0.39 is 23.4 Å². The molecule has 0 aliphatic carbocycles. The van der Waals surface area contributed by atoms with Crippen molar-refractivity contribution < 1.29 is 18.7 Å². The van der Waals surface area contributed by atoms with Gasteiger partial charge in [-0.25, -0.2) is 14.2 Å². The highest BCUT2D eigenvalue weighted by atomic mass is 35.5. The monoisotopic (exact) mass is 399 g/mol. The summed E-state index contributed by atoms with van der Waals surface area (Å²) in [6, 6.07) is 14.0. The third kappa shape index (κ3) is 4.27. The summed E-state index contributed by atoms with van der Waals surface area (Å²) in [5.41, 5.74) is 6.21. The van der Waals surface area contributed by atoms with Crippen molar-refractivity contribution in [2.24, 2.45) is 5.73 Å². The van der Waals surface area contributed by atoms with Crippen molar-refractivity contribution in [3.05, 3.63) is 82.8 Å². The molecule has 0 bridgehead atoms. The number of carbonyl (C=O) groups excluding carboxylic acids is 2. The zero-order valence-electron chi connectivity index (χ0n) is 14.7. The number of halogens is 2. The number of rotatable bonds is 5. The fourth-order valence-corrected chi connectivity index (χ4v) is 2.64. The van der Waals surface area contributed by atoms with Gasteiger partial charge in [-0.15, -0.1) is 0 Å². The molecule has 0 atom stereocenters. The van der Waals surface area contributed by atoms with Gasteiger partial charge in [0, 0.05) is 35.1 Å². The summed E-state index contributed by atoms with van der Waals surface area (Å²) in [5.74, 6) is -0.989. The molecule has 0 unspecified atom stereocenters. The molecule has 3 rings (SSSR count). The van der Waals surface area contributed by atoms with Crippen LogP contribution >= 0.6 is 11.6 Å². The van der Waals surface area contributed by atoms with E-state index in [-0.39, 0.29) is 5.56 Å². The predicted molar refractivity (Wildman–Crippen MR) is 104 cm³/mol. The molecule has 1 amide bonds. The highest BCUT2D eigenvalue weighted by Gasteiger charge is 2.15. The Bertz CT molecular complexity index is 1020. The summed E-state index contributed by atoms with van der Waals surface area (Å²) in [6.45, 7) is 0. The average Bonchev–Trinajstić information content (AvgIpc) is 2.69. The lowest BCUT2D eigenvalue weighted by Crippen LogP contribution is -2.17. The molecule has 2 N–H and O–H groups in total. The smallest absolute Gasteiger partial charge is 0.407 e. The normalized spacial score (nSPS) is 10.4. The molecule has 1 aromatic heterocycles. The number of amides is 1. The van der Waals surface area contributed by atoms with Crippen LogP contribution in [0.3, 0.4) is 0 Å². The maximum absolute atomic E-state index is 13.7. The SMILES string of the molecule is CN(c1ccc(Cl)cc1)c1ccc(C(=O)c2ccc(F)c(OC(N)=O)c2)cn1. The number of anilines is 2. The third-order valence-corrected chi connectivity index (χ3v) is 4.22. The van der Waals surface area contributed by atoms with E-state index in [1.54, 1.807) is 24.3 Å². The molecule has 0 aliphatic rings. The first kappa shape index (κ1) is 19.3. The largest absolute Gasteiger partial charge is 0.410 e. The molecule has 0 saturated heterocycles. The van der Waals surface area contributed by atoms with Crippen LogP contribution in [0.1, 0.15) is 15.9 Å². The average molecular weight is 400 g/mol. The van der Waals surface area contributed by atoms with Crippen LogP contribution in [-0.4, -0.2) is 23.9 Å². The van der Waals surface area contributed by atoms with E-state index in [2.05, 4.69) is 9.72 Å². The molecular weight excluding hydrogens is 385 g/mol. The van der Waals surface area contributed by atoms with E-state index in [1.165, 1.54) is 12.3 Å². The molecule has 1 heterocycles.